The van der Waals surface area contributed by atoms with Crippen LogP contribution < -0.4 is 15.4 Å². The molecule has 2 heterocycles. The van der Waals surface area contributed by atoms with E-state index in [9.17, 15) is 0 Å². The van der Waals surface area contributed by atoms with E-state index in [1.165, 1.54) is 17.5 Å². The van der Waals surface area contributed by atoms with E-state index < -0.39 is 0 Å². The average Bonchev–Trinajstić information content (AvgIpc) is 3.15. The molecule has 2 N–H and O–H groups in total. The predicted octanol–water partition coefficient (Wildman–Crippen LogP) is 3.49. The number of methoxy groups -OCH3 is 1. The zero-order valence-corrected chi connectivity index (χ0v) is 19.3. The summed E-state index contributed by atoms with van der Waals surface area (Å²) in [6.07, 6.45) is 1.17. The maximum absolute atomic E-state index is 5.27. The lowest BCUT2D eigenvalue weighted by atomic mass is 10.1. The molecule has 5 nitrogen and oxygen atoms in total. The lowest BCUT2D eigenvalue weighted by molar-refractivity contribution is 0.192. The molecule has 27 heavy (non-hydrogen) atoms. The Morgan fingerprint density at radius 1 is 1.33 bits per heavy atom. The van der Waals surface area contributed by atoms with Crippen LogP contribution in [0.5, 0.6) is 5.75 Å². The number of hydrogen-bond donors (Lipinski definition) is 2. The topological polar surface area (TPSA) is 48.9 Å². The lowest BCUT2D eigenvalue weighted by Gasteiger charge is -2.32. The summed E-state index contributed by atoms with van der Waals surface area (Å²) >= 11 is 1.89. The minimum Gasteiger partial charge on any atom is -0.497 e. The van der Waals surface area contributed by atoms with Gasteiger partial charge in [-0.1, -0.05) is 12.1 Å². The first-order valence-corrected chi connectivity index (χ1v) is 9.94. The maximum Gasteiger partial charge on any atom is 0.191 e. The largest absolute Gasteiger partial charge is 0.497 e. The molecule has 0 amide bonds. The molecule has 1 unspecified atom stereocenters. The number of nitrogens with zero attached hydrogens (tertiary/aromatic N) is 2. The molecule has 7 heteroatoms. The number of guanidine groups is 1. The zero-order valence-electron chi connectivity index (χ0n) is 16.2. The number of fused-ring (bicyclic) bond motifs is 1. The van der Waals surface area contributed by atoms with Crippen LogP contribution in [-0.4, -0.2) is 44.1 Å². The van der Waals surface area contributed by atoms with E-state index in [1.54, 1.807) is 12.0 Å². The highest BCUT2D eigenvalue weighted by Crippen LogP contribution is 2.24. The third-order valence-electron chi connectivity index (χ3n) is 4.84. The van der Waals surface area contributed by atoms with Crippen LogP contribution in [-0.2, 0) is 19.5 Å². The highest BCUT2D eigenvalue weighted by Gasteiger charge is 2.21. The SMILES string of the molecule is CN=C(NCc1cccc(OC)c1)NCC(C)N1CCc2sccc2C1.I. The molecule has 1 aliphatic heterocycles. The standard InChI is InChI=1S/C20H28N4OS.HI/c1-15(24-9-7-19-17(14-24)8-10-26-19)12-22-20(21-2)23-13-16-5-4-6-18(11-16)25-3;/h4-6,8,10-11,15H,7,9,12-14H2,1-3H3,(H2,21,22,23);1H. The molecule has 0 radical (unpaired) electrons. The zero-order chi connectivity index (χ0) is 18.4. The Morgan fingerprint density at radius 3 is 2.96 bits per heavy atom. The fourth-order valence-electron chi connectivity index (χ4n) is 3.21. The highest BCUT2D eigenvalue weighted by atomic mass is 127. The first-order chi connectivity index (χ1) is 12.7. The summed E-state index contributed by atoms with van der Waals surface area (Å²) in [5, 5.41) is 9.03. The first-order valence-electron chi connectivity index (χ1n) is 9.06. The molecule has 3 rings (SSSR count). The van der Waals surface area contributed by atoms with E-state index in [-0.39, 0.29) is 24.0 Å². The molecule has 1 aromatic carbocycles. The summed E-state index contributed by atoms with van der Waals surface area (Å²) in [4.78, 5) is 8.43. The van der Waals surface area contributed by atoms with Crippen molar-refractivity contribution in [2.24, 2.45) is 4.99 Å². The van der Waals surface area contributed by atoms with E-state index in [0.717, 1.165) is 31.3 Å². The van der Waals surface area contributed by atoms with Crippen molar-refractivity contribution in [2.75, 3.05) is 27.2 Å². The number of thiophene rings is 1. The molecule has 2 aromatic rings. The van der Waals surface area contributed by atoms with Crippen LogP contribution in [0, 0.1) is 0 Å². The smallest absolute Gasteiger partial charge is 0.191 e. The van der Waals surface area contributed by atoms with Crippen molar-refractivity contribution in [1.82, 2.24) is 15.5 Å². The van der Waals surface area contributed by atoms with Crippen molar-refractivity contribution in [2.45, 2.75) is 32.5 Å². The van der Waals surface area contributed by atoms with Crippen LogP contribution in [0.25, 0.3) is 0 Å². The number of rotatable bonds is 6. The van der Waals surface area contributed by atoms with Gasteiger partial charge in [0.25, 0.3) is 0 Å². The number of aliphatic imine (C=N–C) groups is 1. The van der Waals surface area contributed by atoms with E-state index >= 15 is 0 Å². The average molecular weight is 500 g/mol. The molecule has 0 aliphatic carbocycles. The van der Waals surface area contributed by atoms with Crippen LogP contribution in [0.4, 0.5) is 0 Å². The molecular weight excluding hydrogens is 471 g/mol. The molecule has 0 saturated carbocycles. The van der Waals surface area contributed by atoms with Gasteiger partial charge in [-0.05, 0) is 48.1 Å². The van der Waals surface area contributed by atoms with Gasteiger partial charge >= 0.3 is 0 Å². The van der Waals surface area contributed by atoms with Gasteiger partial charge in [-0.2, -0.15) is 0 Å². The summed E-state index contributed by atoms with van der Waals surface area (Å²) in [5.74, 6) is 1.70. The van der Waals surface area contributed by atoms with E-state index in [2.05, 4.69) is 45.0 Å². The third-order valence-corrected chi connectivity index (χ3v) is 5.87. The second-order valence-electron chi connectivity index (χ2n) is 6.60. The number of hydrogen-bond acceptors (Lipinski definition) is 4. The Bertz CT molecular complexity index is 749. The maximum atomic E-state index is 5.27. The molecule has 1 atom stereocenters. The fourth-order valence-corrected chi connectivity index (χ4v) is 4.10. The Balaban J connectivity index is 0.00000261. The van der Waals surface area contributed by atoms with Crippen molar-refractivity contribution in [3.8, 4) is 5.75 Å². The fraction of sp³-hybridized carbons (Fsp3) is 0.450. The quantitative estimate of drug-likeness (QED) is 0.362. The van der Waals surface area contributed by atoms with Gasteiger partial charge < -0.3 is 15.4 Å². The van der Waals surface area contributed by atoms with Gasteiger partial charge in [0.15, 0.2) is 5.96 Å². The summed E-state index contributed by atoms with van der Waals surface area (Å²) in [7, 11) is 3.50. The number of halogens is 1. The first kappa shape index (κ1) is 22.0. The Labute approximate surface area is 183 Å². The Hall–Kier alpha value is -1.32. The summed E-state index contributed by atoms with van der Waals surface area (Å²) < 4.78 is 5.27. The molecule has 0 fully saturated rings. The van der Waals surface area contributed by atoms with Gasteiger partial charge in [-0.3, -0.25) is 9.89 Å². The Kier molecular flexibility index (Phi) is 8.85. The van der Waals surface area contributed by atoms with E-state index in [4.69, 9.17) is 4.74 Å². The molecule has 148 valence electrons. The Morgan fingerprint density at radius 2 is 2.19 bits per heavy atom. The summed E-state index contributed by atoms with van der Waals surface area (Å²) in [5.41, 5.74) is 2.66. The highest BCUT2D eigenvalue weighted by molar-refractivity contribution is 14.0. The predicted molar refractivity (Wildman–Crippen MR) is 125 cm³/mol. The molecular formula is C20H29IN4OS. The molecule has 0 spiro atoms. The lowest BCUT2D eigenvalue weighted by Crippen LogP contribution is -2.47. The molecule has 0 saturated heterocycles. The number of nitrogens with one attached hydrogen (secondary N) is 2. The van der Waals surface area contributed by atoms with Crippen molar-refractivity contribution in [3.63, 3.8) is 0 Å². The third kappa shape index (κ3) is 6.08. The van der Waals surface area contributed by atoms with Gasteiger partial charge in [0.05, 0.1) is 7.11 Å². The molecule has 1 aliphatic rings. The van der Waals surface area contributed by atoms with Crippen LogP contribution in [0.1, 0.15) is 22.9 Å². The monoisotopic (exact) mass is 500 g/mol. The molecule has 1 aromatic heterocycles. The summed E-state index contributed by atoms with van der Waals surface area (Å²) in [6, 6.07) is 10.8. The van der Waals surface area contributed by atoms with E-state index in [1.807, 2.05) is 36.6 Å². The minimum absolute atomic E-state index is 0. The number of benzene rings is 1. The van der Waals surface area contributed by atoms with Crippen LogP contribution in [0.2, 0.25) is 0 Å². The van der Waals surface area contributed by atoms with Crippen molar-refractivity contribution >= 4 is 41.3 Å². The van der Waals surface area contributed by atoms with Crippen LogP contribution >= 0.6 is 35.3 Å². The van der Waals surface area contributed by atoms with Gasteiger partial charge in [0, 0.05) is 44.1 Å². The van der Waals surface area contributed by atoms with Crippen molar-refractivity contribution < 1.29 is 4.74 Å². The van der Waals surface area contributed by atoms with Gasteiger partial charge in [-0.25, -0.2) is 0 Å². The van der Waals surface area contributed by atoms with Crippen molar-refractivity contribution in [1.29, 1.82) is 0 Å². The molecule has 0 bridgehead atoms. The summed E-state index contributed by atoms with van der Waals surface area (Å²) in [6.45, 7) is 6.05. The normalized spacial score (nSPS) is 15.4. The van der Waals surface area contributed by atoms with Gasteiger partial charge in [0.1, 0.15) is 5.75 Å². The van der Waals surface area contributed by atoms with Gasteiger partial charge in [-0.15, -0.1) is 35.3 Å². The van der Waals surface area contributed by atoms with Crippen molar-refractivity contribution in [3.05, 3.63) is 51.7 Å². The van der Waals surface area contributed by atoms with Crippen LogP contribution in [0.3, 0.4) is 0 Å². The van der Waals surface area contributed by atoms with E-state index in [0.29, 0.717) is 12.6 Å². The number of ether oxygens (including phenoxy) is 1. The minimum atomic E-state index is 0. The van der Waals surface area contributed by atoms with Crippen LogP contribution in [0.15, 0.2) is 40.7 Å². The second kappa shape index (κ2) is 10.9. The second-order valence-corrected chi connectivity index (χ2v) is 7.60. The van der Waals surface area contributed by atoms with Gasteiger partial charge in [0.2, 0.25) is 0 Å².